The number of benzene rings is 1. The summed E-state index contributed by atoms with van der Waals surface area (Å²) in [6.45, 7) is 2.92. The minimum Gasteiger partial charge on any atom is -0.481 e. The largest absolute Gasteiger partial charge is 0.481 e. The third-order valence-electron chi connectivity index (χ3n) is 2.38. The van der Waals surface area contributed by atoms with Gasteiger partial charge in [0.15, 0.2) is 5.78 Å². The maximum absolute atomic E-state index is 13.5. The van der Waals surface area contributed by atoms with E-state index in [-0.39, 0.29) is 17.0 Å². The normalized spacial score (nSPS) is 11.3. The lowest BCUT2D eigenvalue weighted by Gasteiger charge is -2.21. The van der Waals surface area contributed by atoms with Crippen LogP contribution in [0.4, 0.5) is 4.39 Å². The number of aliphatic carboxylic acids is 1. The minimum atomic E-state index is -1.17. The standard InChI is InChI=1S/C12H12ClFO3/c1-12(2,6-10(15)16)11(17)8-5-7(13)3-4-9(8)14/h3-5H,6H2,1-2H3,(H,15,16). The molecule has 3 nitrogen and oxygen atoms in total. The first kappa shape index (κ1) is 13.6. The summed E-state index contributed by atoms with van der Waals surface area (Å²) >= 11 is 5.68. The molecular formula is C12H12ClFO3. The van der Waals surface area contributed by atoms with E-state index in [1.807, 2.05) is 0 Å². The molecule has 0 aliphatic carbocycles. The SMILES string of the molecule is CC(C)(CC(=O)O)C(=O)c1cc(Cl)ccc1F. The zero-order chi connectivity index (χ0) is 13.2. The molecule has 1 N–H and O–H groups in total. The van der Waals surface area contributed by atoms with Gasteiger partial charge in [-0.3, -0.25) is 9.59 Å². The van der Waals surface area contributed by atoms with E-state index in [1.54, 1.807) is 0 Å². The maximum Gasteiger partial charge on any atom is 0.304 e. The van der Waals surface area contributed by atoms with E-state index in [9.17, 15) is 14.0 Å². The van der Waals surface area contributed by atoms with Crippen LogP contribution in [0.5, 0.6) is 0 Å². The van der Waals surface area contributed by atoms with E-state index < -0.39 is 23.0 Å². The Labute approximate surface area is 103 Å². The molecule has 0 aliphatic heterocycles. The second kappa shape index (κ2) is 4.84. The fourth-order valence-corrected chi connectivity index (χ4v) is 1.67. The van der Waals surface area contributed by atoms with Crippen molar-refractivity contribution in [2.75, 3.05) is 0 Å². The Hall–Kier alpha value is -1.42. The van der Waals surface area contributed by atoms with E-state index in [1.165, 1.54) is 26.0 Å². The van der Waals surface area contributed by atoms with Gasteiger partial charge in [-0.15, -0.1) is 0 Å². The second-order valence-electron chi connectivity index (χ2n) is 4.41. The lowest BCUT2D eigenvalue weighted by molar-refractivity contribution is -0.138. The second-order valence-corrected chi connectivity index (χ2v) is 4.84. The first-order chi connectivity index (χ1) is 7.74. The van der Waals surface area contributed by atoms with Crippen LogP contribution in [-0.4, -0.2) is 16.9 Å². The smallest absolute Gasteiger partial charge is 0.304 e. The Morgan fingerprint density at radius 3 is 2.53 bits per heavy atom. The molecule has 0 spiro atoms. The number of Topliss-reactive ketones (excluding diaryl/α,β-unsaturated/α-hetero) is 1. The number of carboxylic acid groups (broad SMARTS) is 1. The Kier molecular flexibility index (Phi) is 3.88. The number of ketones is 1. The van der Waals surface area contributed by atoms with Gasteiger partial charge in [0, 0.05) is 10.4 Å². The fraction of sp³-hybridized carbons (Fsp3) is 0.333. The minimum absolute atomic E-state index is 0.177. The van der Waals surface area contributed by atoms with Gasteiger partial charge in [0.2, 0.25) is 0 Å². The molecule has 0 unspecified atom stereocenters. The first-order valence-electron chi connectivity index (χ1n) is 4.95. The molecule has 0 saturated heterocycles. The molecule has 1 aromatic rings. The highest BCUT2D eigenvalue weighted by atomic mass is 35.5. The van der Waals surface area contributed by atoms with Crippen molar-refractivity contribution in [2.24, 2.45) is 5.41 Å². The van der Waals surface area contributed by atoms with Crippen molar-refractivity contribution in [3.63, 3.8) is 0 Å². The summed E-state index contributed by atoms with van der Waals surface area (Å²) in [7, 11) is 0. The van der Waals surface area contributed by atoms with Crippen molar-refractivity contribution in [3.05, 3.63) is 34.6 Å². The highest BCUT2D eigenvalue weighted by molar-refractivity contribution is 6.31. The van der Waals surface area contributed by atoms with Crippen LogP contribution < -0.4 is 0 Å². The van der Waals surface area contributed by atoms with Crippen LogP contribution in [0, 0.1) is 11.2 Å². The molecule has 0 fully saturated rings. The molecule has 0 amide bonds. The highest BCUT2D eigenvalue weighted by Crippen LogP contribution is 2.28. The summed E-state index contributed by atoms with van der Waals surface area (Å²) < 4.78 is 13.5. The number of carboxylic acids is 1. The molecular weight excluding hydrogens is 247 g/mol. The van der Waals surface area contributed by atoms with Gasteiger partial charge in [0.25, 0.3) is 0 Å². The highest BCUT2D eigenvalue weighted by Gasteiger charge is 2.32. The van der Waals surface area contributed by atoms with Crippen LogP contribution in [0.3, 0.4) is 0 Å². The summed E-state index contributed by atoms with van der Waals surface area (Å²) in [4.78, 5) is 22.6. The number of halogens is 2. The molecule has 1 rings (SSSR count). The number of hydrogen-bond donors (Lipinski definition) is 1. The Morgan fingerprint density at radius 2 is 2.00 bits per heavy atom. The van der Waals surface area contributed by atoms with Gasteiger partial charge >= 0.3 is 5.97 Å². The van der Waals surface area contributed by atoms with Crippen LogP contribution in [-0.2, 0) is 4.79 Å². The molecule has 5 heteroatoms. The fourth-order valence-electron chi connectivity index (χ4n) is 1.49. The number of carbonyl (C=O) groups excluding carboxylic acids is 1. The van der Waals surface area contributed by atoms with Crippen molar-refractivity contribution in [2.45, 2.75) is 20.3 Å². The molecule has 17 heavy (non-hydrogen) atoms. The van der Waals surface area contributed by atoms with Crippen LogP contribution in [0.1, 0.15) is 30.6 Å². The van der Waals surface area contributed by atoms with Crippen molar-refractivity contribution in [3.8, 4) is 0 Å². The summed E-state index contributed by atoms with van der Waals surface area (Å²) in [6.07, 6.45) is -0.363. The van der Waals surface area contributed by atoms with Crippen LogP contribution in [0.2, 0.25) is 5.02 Å². The van der Waals surface area contributed by atoms with E-state index in [4.69, 9.17) is 16.7 Å². The first-order valence-corrected chi connectivity index (χ1v) is 5.33. The predicted octanol–water partition coefficient (Wildman–Crippen LogP) is 3.16. The maximum atomic E-state index is 13.5. The molecule has 92 valence electrons. The van der Waals surface area contributed by atoms with Crippen molar-refractivity contribution >= 4 is 23.4 Å². The molecule has 1 aromatic carbocycles. The molecule has 0 heterocycles. The molecule has 0 aromatic heterocycles. The van der Waals surface area contributed by atoms with Crippen molar-refractivity contribution in [1.29, 1.82) is 0 Å². The average molecular weight is 259 g/mol. The molecule has 0 radical (unpaired) electrons. The van der Waals surface area contributed by atoms with Gasteiger partial charge in [-0.25, -0.2) is 4.39 Å². The van der Waals surface area contributed by atoms with Crippen LogP contribution in [0.15, 0.2) is 18.2 Å². The summed E-state index contributed by atoms with van der Waals surface area (Å²) in [5.41, 5.74) is -1.35. The molecule has 0 atom stereocenters. The number of hydrogen-bond acceptors (Lipinski definition) is 2. The van der Waals surface area contributed by atoms with E-state index in [0.29, 0.717) is 0 Å². The molecule has 0 bridgehead atoms. The Bertz CT molecular complexity index is 469. The lowest BCUT2D eigenvalue weighted by Crippen LogP contribution is -2.28. The van der Waals surface area contributed by atoms with Gasteiger partial charge < -0.3 is 5.11 Å². The van der Waals surface area contributed by atoms with Crippen LogP contribution >= 0.6 is 11.6 Å². The Balaban J connectivity index is 3.11. The van der Waals surface area contributed by atoms with Gasteiger partial charge in [-0.1, -0.05) is 25.4 Å². The zero-order valence-electron chi connectivity index (χ0n) is 9.46. The topological polar surface area (TPSA) is 54.4 Å². The Morgan fingerprint density at radius 1 is 1.41 bits per heavy atom. The summed E-state index contributed by atoms with van der Waals surface area (Å²) in [6, 6.07) is 3.63. The van der Waals surface area contributed by atoms with Gasteiger partial charge in [-0.05, 0) is 18.2 Å². The number of rotatable bonds is 4. The summed E-state index contributed by atoms with van der Waals surface area (Å²) in [5.74, 6) is -2.37. The number of carbonyl (C=O) groups is 2. The summed E-state index contributed by atoms with van der Waals surface area (Å²) in [5, 5.41) is 8.93. The van der Waals surface area contributed by atoms with Crippen molar-refractivity contribution in [1.82, 2.24) is 0 Å². The average Bonchev–Trinajstić information content (AvgIpc) is 2.18. The van der Waals surface area contributed by atoms with Crippen molar-refractivity contribution < 1.29 is 19.1 Å². The van der Waals surface area contributed by atoms with Gasteiger partial charge in [0.1, 0.15) is 5.82 Å². The third kappa shape index (κ3) is 3.27. The van der Waals surface area contributed by atoms with Crippen LogP contribution in [0.25, 0.3) is 0 Å². The van der Waals surface area contributed by atoms with Gasteiger partial charge in [0.05, 0.1) is 12.0 Å². The monoisotopic (exact) mass is 258 g/mol. The predicted molar refractivity (Wildman–Crippen MR) is 61.8 cm³/mol. The third-order valence-corrected chi connectivity index (χ3v) is 2.62. The van der Waals surface area contributed by atoms with E-state index in [0.717, 1.165) is 6.07 Å². The van der Waals surface area contributed by atoms with E-state index in [2.05, 4.69) is 0 Å². The lowest BCUT2D eigenvalue weighted by atomic mass is 9.81. The molecule has 0 aliphatic rings. The molecule has 0 saturated carbocycles. The quantitative estimate of drug-likeness (QED) is 0.844. The zero-order valence-corrected chi connectivity index (χ0v) is 10.2. The van der Waals surface area contributed by atoms with Gasteiger partial charge in [-0.2, -0.15) is 0 Å². The van der Waals surface area contributed by atoms with E-state index >= 15 is 0 Å².